The molecule has 18 heavy (non-hydrogen) atoms. The molecule has 98 valence electrons. The van der Waals surface area contributed by atoms with Crippen LogP contribution in [0.15, 0.2) is 16.7 Å². The molecule has 1 aromatic heterocycles. The number of nitrogens with zero attached hydrogens (tertiary/aromatic N) is 1. The molecule has 0 bridgehead atoms. The van der Waals surface area contributed by atoms with Crippen LogP contribution in [0.4, 0.5) is 0 Å². The molecule has 3 nitrogen and oxygen atoms in total. The van der Waals surface area contributed by atoms with Crippen molar-refractivity contribution in [3.05, 3.63) is 23.7 Å². The number of rotatable bonds is 2. The number of hydrogen-bond donors (Lipinski definition) is 1. The topological polar surface area (TPSA) is 57.2 Å². The maximum Gasteiger partial charge on any atom is 0.136 e. The SMILES string of the molecule is Cc1ccoc1C(O)C1(C#N)CCCCCCC1. The Hall–Kier alpha value is -1.27. The smallest absolute Gasteiger partial charge is 0.136 e. The first-order valence-electron chi connectivity index (χ1n) is 6.83. The second kappa shape index (κ2) is 5.58. The van der Waals surface area contributed by atoms with Crippen LogP contribution in [0, 0.1) is 23.7 Å². The van der Waals surface area contributed by atoms with Gasteiger partial charge in [0.05, 0.1) is 17.7 Å². The highest BCUT2D eigenvalue weighted by molar-refractivity contribution is 5.22. The van der Waals surface area contributed by atoms with Crippen LogP contribution in [-0.4, -0.2) is 5.11 Å². The molecule has 0 saturated heterocycles. The van der Waals surface area contributed by atoms with E-state index in [2.05, 4.69) is 6.07 Å². The van der Waals surface area contributed by atoms with Crippen molar-refractivity contribution in [1.29, 1.82) is 5.26 Å². The van der Waals surface area contributed by atoms with Gasteiger partial charge in [-0.25, -0.2) is 0 Å². The van der Waals surface area contributed by atoms with Crippen molar-refractivity contribution >= 4 is 0 Å². The summed E-state index contributed by atoms with van der Waals surface area (Å²) in [6, 6.07) is 4.23. The molecule has 1 aliphatic rings. The van der Waals surface area contributed by atoms with Gasteiger partial charge in [-0.1, -0.05) is 32.1 Å². The zero-order valence-electron chi connectivity index (χ0n) is 11.0. The summed E-state index contributed by atoms with van der Waals surface area (Å²) in [6.45, 7) is 1.91. The normalized spacial score (nSPS) is 21.6. The van der Waals surface area contributed by atoms with Gasteiger partial charge >= 0.3 is 0 Å². The van der Waals surface area contributed by atoms with Crippen molar-refractivity contribution in [3.8, 4) is 6.07 Å². The largest absolute Gasteiger partial charge is 0.466 e. The minimum atomic E-state index is -0.796. The maximum absolute atomic E-state index is 10.6. The van der Waals surface area contributed by atoms with Gasteiger partial charge in [-0.2, -0.15) is 5.26 Å². The van der Waals surface area contributed by atoms with E-state index in [1.165, 1.54) is 6.42 Å². The van der Waals surface area contributed by atoms with Crippen LogP contribution in [0.3, 0.4) is 0 Å². The summed E-state index contributed by atoms with van der Waals surface area (Å²) >= 11 is 0. The molecule has 0 aliphatic heterocycles. The Morgan fingerprint density at radius 1 is 1.28 bits per heavy atom. The zero-order valence-corrected chi connectivity index (χ0v) is 11.0. The average molecular weight is 247 g/mol. The molecule has 1 atom stereocenters. The summed E-state index contributed by atoms with van der Waals surface area (Å²) in [4.78, 5) is 0. The third-order valence-electron chi connectivity index (χ3n) is 4.14. The van der Waals surface area contributed by atoms with Crippen LogP contribution < -0.4 is 0 Å². The Bertz CT molecular complexity index is 422. The molecule has 3 heteroatoms. The third kappa shape index (κ3) is 2.44. The lowest BCUT2D eigenvalue weighted by molar-refractivity contribution is 0.0260. The maximum atomic E-state index is 10.6. The van der Waals surface area contributed by atoms with E-state index in [-0.39, 0.29) is 0 Å². The highest BCUT2D eigenvalue weighted by Crippen LogP contribution is 2.44. The Morgan fingerprint density at radius 2 is 1.89 bits per heavy atom. The first kappa shape index (κ1) is 13.2. The van der Waals surface area contributed by atoms with Gasteiger partial charge in [-0.05, 0) is 31.4 Å². The van der Waals surface area contributed by atoms with E-state index in [1.54, 1.807) is 6.26 Å². The molecular formula is C15H21NO2. The minimum Gasteiger partial charge on any atom is -0.466 e. The van der Waals surface area contributed by atoms with Crippen LogP contribution in [-0.2, 0) is 0 Å². The van der Waals surface area contributed by atoms with Crippen LogP contribution in [0.1, 0.15) is 62.4 Å². The lowest BCUT2D eigenvalue weighted by atomic mass is 9.72. The van der Waals surface area contributed by atoms with Gasteiger partial charge in [0.15, 0.2) is 0 Å². The van der Waals surface area contributed by atoms with Gasteiger partial charge in [0.2, 0.25) is 0 Å². The van der Waals surface area contributed by atoms with E-state index in [1.807, 2.05) is 13.0 Å². The Morgan fingerprint density at radius 3 is 2.39 bits per heavy atom. The van der Waals surface area contributed by atoms with Crippen LogP contribution in [0.5, 0.6) is 0 Å². The van der Waals surface area contributed by atoms with Gasteiger partial charge in [0.1, 0.15) is 11.9 Å². The van der Waals surface area contributed by atoms with Gasteiger partial charge in [-0.3, -0.25) is 0 Å². The number of hydrogen-bond acceptors (Lipinski definition) is 3. The highest BCUT2D eigenvalue weighted by atomic mass is 16.4. The Balaban J connectivity index is 2.25. The second-order valence-electron chi connectivity index (χ2n) is 5.41. The standard InChI is InChI=1S/C15H21NO2/c1-12-7-10-18-13(12)14(17)15(11-16)8-5-3-2-4-6-9-15/h7,10,14,17H,2-6,8-9H2,1H3. The fourth-order valence-electron chi connectivity index (χ4n) is 2.90. The Kier molecular flexibility index (Phi) is 4.08. The third-order valence-corrected chi connectivity index (χ3v) is 4.14. The quantitative estimate of drug-likeness (QED) is 0.862. The lowest BCUT2D eigenvalue weighted by Crippen LogP contribution is -2.28. The van der Waals surface area contributed by atoms with Crippen LogP contribution in [0.2, 0.25) is 0 Å². The van der Waals surface area contributed by atoms with Crippen LogP contribution >= 0.6 is 0 Å². The van der Waals surface area contributed by atoms with Gasteiger partial charge in [0.25, 0.3) is 0 Å². The van der Waals surface area contributed by atoms with Crippen molar-refractivity contribution in [2.45, 2.75) is 58.0 Å². The predicted octanol–water partition coefficient (Wildman–Crippen LogP) is 3.88. The van der Waals surface area contributed by atoms with E-state index < -0.39 is 11.5 Å². The first-order chi connectivity index (χ1) is 8.69. The van der Waals surface area contributed by atoms with Gasteiger partial charge < -0.3 is 9.52 Å². The number of aryl methyl sites for hydroxylation is 1. The average Bonchev–Trinajstić information content (AvgIpc) is 2.75. The second-order valence-corrected chi connectivity index (χ2v) is 5.41. The minimum absolute atomic E-state index is 0.567. The molecule has 1 unspecified atom stereocenters. The zero-order chi connectivity index (χ0) is 13.0. The molecule has 1 N–H and O–H groups in total. The van der Waals surface area contributed by atoms with Crippen molar-refractivity contribution in [1.82, 2.24) is 0 Å². The molecule has 1 fully saturated rings. The summed E-state index contributed by atoms with van der Waals surface area (Å²) in [5, 5.41) is 20.1. The highest BCUT2D eigenvalue weighted by Gasteiger charge is 2.41. The molecule has 0 spiro atoms. The van der Waals surface area contributed by atoms with Crippen molar-refractivity contribution in [3.63, 3.8) is 0 Å². The molecular weight excluding hydrogens is 226 g/mol. The summed E-state index contributed by atoms with van der Waals surface area (Å²) in [5.41, 5.74) is 0.266. The molecule has 2 rings (SSSR count). The molecule has 1 aromatic rings. The first-order valence-corrected chi connectivity index (χ1v) is 6.83. The monoisotopic (exact) mass is 247 g/mol. The molecule has 0 radical (unpaired) electrons. The number of furan rings is 1. The summed E-state index contributed by atoms with van der Waals surface area (Å²) in [7, 11) is 0. The van der Waals surface area contributed by atoms with Crippen LogP contribution in [0.25, 0.3) is 0 Å². The van der Waals surface area contributed by atoms with Gasteiger partial charge in [-0.15, -0.1) is 0 Å². The summed E-state index contributed by atoms with van der Waals surface area (Å²) in [6.07, 6.45) is 7.93. The van der Waals surface area contributed by atoms with Gasteiger partial charge in [0, 0.05) is 0 Å². The van der Waals surface area contributed by atoms with E-state index in [9.17, 15) is 10.4 Å². The van der Waals surface area contributed by atoms with Crippen molar-refractivity contribution in [2.75, 3.05) is 0 Å². The number of aliphatic hydroxyl groups excluding tert-OH is 1. The van der Waals surface area contributed by atoms with Crippen molar-refractivity contribution in [2.24, 2.45) is 5.41 Å². The number of nitriles is 1. The number of aliphatic hydroxyl groups is 1. The summed E-state index contributed by atoms with van der Waals surface area (Å²) < 4.78 is 5.38. The van der Waals surface area contributed by atoms with E-state index >= 15 is 0 Å². The molecule has 0 aromatic carbocycles. The predicted molar refractivity (Wildman–Crippen MR) is 68.8 cm³/mol. The van der Waals surface area contributed by atoms with E-state index in [4.69, 9.17) is 4.42 Å². The molecule has 1 heterocycles. The fraction of sp³-hybridized carbons (Fsp3) is 0.667. The fourth-order valence-corrected chi connectivity index (χ4v) is 2.90. The molecule has 1 saturated carbocycles. The lowest BCUT2D eigenvalue weighted by Gasteiger charge is -2.32. The Labute approximate surface area is 108 Å². The van der Waals surface area contributed by atoms with E-state index in [0.717, 1.165) is 44.1 Å². The van der Waals surface area contributed by atoms with Crippen molar-refractivity contribution < 1.29 is 9.52 Å². The molecule has 1 aliphatic carbocycles. The van der Waals surface area contributed by atoms with E-state index in [0.29, 0.717) is 5.76 Å². The summed E-state index contributed by atoms with van der Waals surface area (Å²) in [5.74, 6) is 0.567. The molecule has 0 amide bonds.